The highest BCUT2D eigenvalue weighted by atomic mass is 16.6. The lowest BCUT2D eigenvalue weighted by atomic mass is 9.96. The van der Waals surface area contributed by atoms with Gasteiger partial charge in [0, 0.05) is 11.6 Å². The Morgan fingerprint density at radius 1 is 1.19 bits per heavy atom. The third-order valence-corrected chi connectivity index (χ3v) is 3.65. The average Bonchev–Trinajstić information content (AvgIpc) is 2.53. The molecule has 6 heteroatoms. The van der Waals surface area contributed by atoms with Crippen molar-refractivity contribution in [1.82, 2.24) is 5.32 Å². The molecule has 0 aromatic heterocycles. The van der Waals surface area contributed by atoms with E-state index in [1.807, 2.05) is 12.1 Å². The van der Waals surface area contributed by atoms with E-state index in [0.29, 0.717) is 25.0 Å². The molecule has 0 fully saturated rings. The van der Waals surface area contributed by atoms with Crippen molar-refractivity contribution >= 4 is 18.3 Å². The normalized spacial score (nSPS) is 13.4. The van der Waals surface area contributed by atoms with Crippen molar-refractivity contribution in [3.8, 4) is 0 Å². The van der Waals surface area contributed by atoms with Gasteiger partial charge in [0.15, 0.2) is 0 Å². The number of hydrogen-bond donors (Lipinski definition) is 1. The summed E-state index contributed by atoms with van der Waals surface area (Å²) in [5.41, 5.74) is 0.936. The Hall–Kier alpha value is -2.37. The van der Waals surface area contributed by atoms with Crippen molar-refractivity contribution in [2.24, 2.45) is 5.92 Å². The second-order valence-corrected chi connectivity index (χ2v) is 7.30. The number of alkyl carbamates (subject to hydrolysis) is 1. The van der Waals surface area contributed by atoms with Gasteiger partial charge in [-0.15, -0.1) is 0 Å². The molecule has 1 N–H and O–H groups in total. The number of nitrogens with one attached hydrogen (secondary N) is 1. The van der Waals surface area contributed by atoms with Gasteiger partial charge in [0.1, 0.15) is 11.9 Å². The molecule has 0 spiro atoms. The molecular formula is C20H29NO5. The fraction of sp³-hybridized carbons (Fsp3) is 0.550. The molecule has 1 aromatic carbocycles. The maximum atomic E-state index is 12.1. The number of rotatable bonds is 8. The molecule has 0 heterocycles. The van der Waals surface area contributed by atoms with Crippen molar-refractivity contribution in [2.75, 3.05) is 6.61 Å². The van der Waals surface area contributed by atoms with Gasteiger partial charge in [-0.25, -0.2) is 4.79 Å². The molecule has 0 bridgehead atoms. The van der Waals surface area contributed by atoms with Crippen LogP contribution in [0.1, 0.15) is 57.0 Å². The predicted octanol–water partition coefficient (Wildman–Crippen LogP) is 3.52. The lowest BCUT2D eigenvalue weighted by Crippen LogP contribution is -2.41. The quantitative estimate of drug-likeness (QED) is 0.564. The molecular weight excluding hydrogens is 334 g/mol. The Bertz CT molecular complexity index is 604. The molecule has 0 radical (unpaired) electrons. The summed E-state index contributed by atoms with van der Waals surface area (Å²) in [7, 11) is 0. The van der Waals surface area contributed by atoms with Crippen LogP contribution in [0.4, 0.5) is 4.79 Å². The van der Waals surface area contributed by atoms with Gasteiger partial charge in [-0.2, -0.15) is 0 Å². The topological polar surface area (TPSA) is 81.7 Å². The lowest BCUT2D eigenvalue weighted by Gasteiger charge is -2.25. The van der Waals surface area contributed by atoms with E-state index in [-0.39, 0.29) is 17.9 Å². The van der Waals surface area contributed by atoms with Crippen LogP contribution in [-0.2, 0) is 20.7 Å². The van der Waals surface area contributed by atoms with E-state index in [2.05, 4.69) is 5.32 Å². The van der Waals surface area contributed by atoms with Gasteiger partial charge >= 0.3 is 12.1 Å². The van der Waals surface area contributed by atoms with Crippen LogP contribution < -0.4 is 5.32 Å². The zero-order valence-electron chi connectivity index (χ0n) is 16.2. The van der Waals surface area contributed by atoms with Crippen LogP contribution >= 0.6 is 0 Å². The first-order chi connectivity index (χ1) is 12.1. The molecule has 0 unspecified atom stereocenters. The number of carbonyl (C=O) groups excluding carboxylic acids is 3. The maximum Gasteiger partial charge on any atom is 0.407 e. The number of ether oxygens (including phenoxy) is 2. The molecule has 1 rings (SSSR count). The van der Waals surface area contributed by atoms with Gasteiger partial charge in [0.25, 0.3) is 0 Å². The Balaban J connectivity index is 2.83. The van der Waals surface area contributed by atoms with Crippen molar-refractivity contribution in [1.29, 1.82) is 0 Å². The Labute approximate surface area is 155 Å². The first kappa shape index (κ1) is 21.7. The first-order valence-electron chi connectivity index (χ1n) is 8.85. The van der Waals surface area contributed by atoms with Crippen LogP contribution in [0.25, 0.3) is 0 Å². The van der Waals surface area contributed by atoms with E-state index in [0.717, 1.165) is 11.8 Å². The van der Waals surface area contributed by atoms with Gasteiger partial charge in [-0.1, -0.05) is 31.2 Å². The minimum atomic E-state index is -0.604. The van der Waals surface area contributed by atoms with Crippen LogP contribution in [0.15, 0.2) is 24.3 Å². The van der Waals surface area contributed by atoms with Crippen LogP contribution in [0.2, 0.25) is 0 Å². The maximum absolute atomic E-state index is 12.1. The van der Waals surface area contributed by atoms with Gasteiger partial charge in [-0.3, -0.25) is 9.59 Å². The second-order valence-electron chi connectivity index (χ2n) is 7.30. The number of carbonyl (C=O) groups is 3. The molecule has 6 nitrogen and oxygen atoms in total. The molecule has 144 valence electrons. The molecule has 0 aliphatic rings. The predicted molar refractivity (Wildman–Crippen MR) is 99.1 cm³/mol. The van der Waals surface area contributed by atoms with Crippen LogP contribution in [0.5, 0.6) is 0 Å². The molecule has 0 aliphatic carbocycles. The van der Waals surface area contributed by atoms with Crippen molar-refractivity contribution in [3.63, 3.8) is 0 Å². The molecule has 1 aromatic rings. The van der Waals surface area contributed by atoms with Crippen molar-refractivity contribution in [3.05, 3.63) is 35.4 Å². The highest BCUT2D eigenvalue weighted by molar-refractivity contribution is 5.74. The number of amides is 1. The van der Waals surface area contributed by atoms with Gasteiger partial charge in [0.05, 0.1) is 12.5 Å². The Kier molecular flexibility index (Phi) is 8.29. The molecule has 1 amide bonds. The summed E-state index contributed by atoms with van der Waals surface area (Å²) in [5, 5.41) is 2.84. The van der Waals surface area contributed by atoms with E-state index in [1.165, 1.54) is 0 Å². The van der Waals surface area contributed by atoms with E-state index < -0.39 is 11.7 Å². The SMILES string of the molecule is CCOC(=O)[C@@H](C)C[C@H](Cc1ccc(C=O)cc1)NC(=O)OC(C)(C)C. The highest BCUT2D eigenvalue weighted by Crippen LogP contribution is 2.15. The standard InChI is InChI=1S/C20H29NO5/c1-6-25-18(23)14(2)11-17(21-19(24)26-20(3,4)5)12-15-7-9-16(13-22)10-8-15/h7-10,13-14,17H,6,11-12H2,1-5H3,(H,21,24)/t14-,17+/m0/s1. The fourth-order valence-corrected chi connectivity index (χ4v) is 2.49. The number of benzene rings is 1. The summed E-state index contributed by atoms with van der Waals surface area (Å²) >= 11 is 0. The average molecular weight is 363 g/mol. The van der Waals surface area contributed by atoms with E-state index in [9.17, 15) is 14.4 Å². The summed E-state index contributed by atoms with van der Waals surface area (Å²) in [6, 6.07) is 6.82. The number of hydrogen-bond acceptors (Lipinski definition) is 5. The summed E-state index contributed by atoms with van der Waals surface area (Å²) in [5.74, 6) is -0.649. The molecule has 26 heavy (non-hydrogen) atoms. The summed E-state index contributed by atoms with van der Waals surface area (Å²) in [6.07, 6.45) is 1.20. The molecule has 0 saturated heterocycles. The van der Waals surface area contributed by atoms with E-state index >= 15 is 0 Å². The van der Waals surface area contributed by atoms with Crippen LogP contribution in [-0.4, -0.2) is 36.6 Å². The highest BCUT2D eigenvalue weighted by Gasteiger charge is 2.24. The second kappa shape index (κ2) is 9.94. The molecule has 2 atom stereocenters. The van der Waals surface area contributed by atoms with Crippen molar-refractivity contribution in [2.45, 2.75) is 59.1 Å². The summed E-state index contributed by atoms with van der Waals surface area (Å²) in [4.78, 5) is 34.8. The summed E-state index contributed by atoms with van der Waals surface area (Å²) in [6.45, 7) is 9.23. The monoisotopic (exact) mass is 363 g/mol. The Morgan fingerprint density at radius 3 is 2.31 bits per heavy atom. The van der Waals surface area contributed by atoms with Gasteiger partial charge < -0.3 is 14.8 Å². The minimum absolute atomic E-state index is 0.292. The van der Waals surface area contributed by atoms with Gasteiger partial charge in [-0.05, 0) is 46.1 Å². The number of aldehydes is 1. The zero-order chi connectivity index (χ0) is 19.7. The Morgan fingerprint density at radius 2 is 1.81 bits per heavy atom. The molecule has 0 aliphatic heterocycles. The minimum Gasteiger partial charge on any atom is -0.466 e. The lowest BCUT2D eigenvalue weighted by molar-refractivity contribution is -0.147. The smallest absolute Gasteiger partial charge is 0.407 e. The fourth-order valence-electron chi connectivity index (χ4n) is 2.49. The zero-order valence-corrected chi connectivity index (χ0v) is 16.2. The van der Waals surface area contributed by atoms with Crippen molar-refractivity contribution < 1.29 is 23.9 Å². The van der Waals surface area contributed by atoms with Crippen LogP contribution in [0, 0.1) is 5.92 Å². The number of esters is 1. The third-order valence-electron chi connectivity index (χ3n) is 3.65. The largest absolute Gasteiger partial charge is 0.466 e. The third kappa shape index (κ3) is 8.14. The first-order valence-corrected chi connectivity index (χ1v) is 8.85. The molecule has 0 saturated carbocycles. The van der Waals surface area contributed by atoms with Crippen LogP contribution in [0.3, 0.4) is 0 Å². The van der Waals surface area contributed by atoms with E-state index in [1.54, 1.807) is 46.8 Å². The van der Waals surface area contributed by atoms with Gasteiger partial charge in [0.2, 0.25) is 0 Å². The van der Waals surface area contributed by atoms with E-state index in [4.69, 9.17) is 9.47 Å². The summed E-state index contributed by atoms with van der Waals surface area (Å²) < 4.78 is 10.4.